The number of hydrogen-bond acceptors (Lipinski definition) is 7. The summed E-state index contributed by atoms with van der Waals surface area (Å²) in [6, 6.07) is 0. The fourth-order valence-corrected chi connectivity index (χ4v) is 1.82. The van der Waals surface area contributed by atoms with Gasteiger partial charge in [0.25, 0.3) is 0 Å². The van der Waals surface area contributed by atoms with Gasteiger partial charge in [0.1, 0.15) is 0 Å². The average molecular weight is 350 g/mol. The van der Waals surface area contributed by atoms with E-state index in [1.165, 1.54) is 0 Å². The monoisotopic (exact) mass is 350 g/mol. The molecule has 0 aliphatic carbocycles. The Morgan fingerprint density at radius 3 is 1.75 bits per heavy atom. The third-order valence-corrected chi connectivity index (χ3v) is 3.49. The zero-order chi connectivity index (χ0) is 17.9. The van der Waals surface area contributed by atoms with E-state index in [4.69, 9.17) is 28.8 Å². The lowest BCUT2D eigenvalue weighted by Gasteiger charge is -2.30. The van der Waals surface area contributed by atoms with Gasteiger partial charge in [-0.25, -0.2) is 0 Å². The second-order valence-corrected chi connectivity index (χ2v) is 5.43. The minimum absolute atomic E-state index is 0.00682. The summed E-state index contributed by atoms with van der Waals surface area (Å²) in [6.45, 7) is 10.1. The average Bonchev–Trinajstić information content (AvgIpc) is 2.61. The van der Waals surface area contributed by atoms with Gasteiger partial charge in [-0.1, -0.05) is 13.0 Å². The summed E-state index contributed by atoms with van der Waals surface area (Å²) in [7, 11) is 0. The normalized spacial score (nSPS) is 13.8. The van der Waals surface area contributed by atoms with Gasteiger partial charge in [0.05, 0.1) is 79.3 Å². The van der Waals surface area contributed by atoms with Gasteiger partial charge in [-0.05, 0) is 6.42 Å². The molecular formula is C17H34O7. The van der Waals surface area contributed by atoms with Crippen molar-refractivity contribution in [3.05, 3.63) is 12.7 Å². The summed E-state index contributed by atoms with van der Waals surface area (Å²) in [4.78, 5) is 0. The van der Waals surface area contributed by atoms with Crippen molar-refractivity contribution in [1.29, 1.82) is 0 Å². The van der Waals surface area contributed by atoms with Crippen molar-refractivity contribution in [2.24, 2.45) is 5.41 Å². The molecule has 0 saturated heterocycles. The van der Waals surface area contributed by atoms with E-state index in [9.17, 15) is 5.11 Å². The molecule has 1 unspecified atom stereocenters. The van der Waals surface area contributed by atoms with Crippen LogP contribution in [0.1, 0.15) is 13.3 Å². The summed E-state index contributed by atoms with van der Waals surface area (Å²) in [5.74, 6) is 0. The van der Waals surface area contributed by atoms with Crippen molar-refractivity contribution in [3.63, 3.8) is 0 Å². The van der Waals surface area contributed by atoms with Crippen LogP contribution in [0.2, 0.25) is 0 Å². The van der Waals surface area contributed by atoms with Crippen LogP contribution < -0.4 is 0 Å². The highest BCUT2D eigenvalue weighted by Crippen LogP contribution is 2.22. The van der Waals surface area contributed by atoms with Crippen molar-refractivity contribution in [1.82, 2.24) is 0 Å². The molecule has 24 heavy (non-hydrogen) atoms. The third-order valence-electron chi connectivity index (χ3n) is 3.49. The first-order valence-corrected chi connectivity index (χ1v) is 8.46. The van der Waals surface area contributed by atoms with E-state index in [2.05, 4.69) is 6.58 Å². The van der Waals surface area contributed by atoms with Gasteiger partial charge in [-0.3, -0.25) is 0 Å². The molecule has 0 aromatic carbocycles. The molecule has 0 radical (unpaired) electrons. The largest absolute Gasteiger partial charge is 0.396 e. The Morgan fingerprint density at radius 1 is 0.792 bits per heavy atom. The number of ether oxygens (including phenoxy) is 5. The zero-order valence-corrected chi connectivity index (χ0v) is 14.9. The molecule has 2 N–H and O–H groups in total. The number of aliphatic hydroxyl groups excluding tert-OH is 2. The fourth-order valence-electron chi connectivity index (χ4n) is 1.82. The molecule has 7 heteroatoms. The van der Waals surface area contributed by atoms with Crippen LogP contribution in [0.4, 0.5) is 0 Å². The minimum atomic E-state index is -0.400. The molecule has 0 aliphatic rings. The predicted octanol–water partition coefficient (Wildman–Crippen LogP) is 0.636. The van der Waals surface area contributed by atoms with Crippen LogP contribution >= 0.6 is 0 Å². The van der Waals surface area contributed by atoms with E-state index in [0.29, 0.717) is 66.1 Å². The fraction of sp³-hybridized carbons (Fsp3) is 0.882. The quantitative estimate of drug-likeness (QED) is 0.261. The van der Waals surface area contributed by atoms with Crippen LogP contribution in [0.3, 0.4) is 0 Å². The Bertz CT molecular complexity index is 270. The maximum Gasteiger partial charge on any atom is 0.0704 e. The minimum Gasteiger partial charge on any atom is -0.396 e. The number of rotatable bonds is 19. The van der Waals surface area contributed by atoms with Gasteiger partial charge in [-0.15, -0.1) is 6.58 Å². The van der Waals surface area contributed by atoms with Gasteiger partial charge in [0.2, 0.25) is 0 Å². The summed E-state index contributed by atoms with van der Waals surface area (Å²) in [5, 5.41) is 18.2. The first kappa shape index (κ1) is 23.5. The van der Waals surface area contributed by atoms with Gasteiger partial charge in [-0.2, -0.15) is 0 Å². The molecule has 0 aromatic heterocycles. The first-order chi connectivity index (χ1) is 11.7. The summed E-state index contributed by atoms with van der Waals surface area (Å²) in [5.41, 5.74) is -0.400. The third kappa shape index (κ3) is 12.8. The zero-order valence-electron chi connectivity index (χ0n) is 14.9. The molecule has 1 atom stereocenters. The smallest absolute Gasteiger partial charge is 0.0704 e. The highest BCUT2D eigenvalue weighted by atomic mass is 16.5. The van der Waals surface area contributed by atoms with Crippen LogP contribution in [-0.2, 0) is 23.7 Å². The molecule has 0 saturated carbocycles. The molecule has 0 heterocycles. The Labute approximate surface area is 145 Å². The van der Waals surface area contributed by atoms with Crippen LogP contribution in [0.5, 0.6) is 0 Å². The highest BCUT2D eigenvalue weighted by Gasteiger charge is 2.28. The number of hydrogen-bond donors (Lipinski definition) is 2. The molecular weight excluding hydrogens is 316 g/mol. The van der Waals surface area contributed by atoms with Gasteiger partial charge < -0.3 is 33.9 Å². The number of aliphatic hydroxyl groups is 2. The first-order valence-electron chi connectivity index (χ1n) is 8.46. The predicted molar refractivity (Wildman–Crippen MR) is 91.2 cm³/mol. The van der Waals surface area contributed by atoms with E-state index < -0.39 is 5.41 Å². The van der Waals surface area contributed by atoms with Crippen LogP contribution in [0.25, 0.3) is 0 Å². The summed E-state index contributed by atoms with van der Waals surface area (Å²) in [6.07, 6.45) is 2.45. The maximum atomic E-state index is 9.67. The van der Waals surface area contributed by atoms with Crippen molar-refractivity contribution < 1.29 is 33.9 Å². The van der Waals surface area contributed by atoms with E-state index in [1.54, 1.807) is 6.08 Å². The Balaban J connectivity index is 3.71. The maximum absolute atomic E-state index is 9.67. The SMILES string of the molecule is C=CCOCCOCC(CC)(CO)COCCOCCOCCO. The Hall–Kier alpha value is -0.540. The molecule has 0 aromatic rings. The van der Waals surface area contributed by atoms with Gasteiger partial charge in [0.15, 0.2) is 0 Å². The molecule has 144 valence electrons. The lowest BCUT2D eigenvalue weighted by atomic mass is 9.88. The van der Waals surface area contributed by atoms with Gasteiger partial charge in [0, 0.05) is 5.41 Å². The summed E-state index contributed by atoms with van der Waals surface area (Å²) < 4.78 is 26.9. The topological polar surface area (TPSA) is 86.6 Å². The van der Waals surface area contributed by atoms with E-state index in [0.717, 1.165) is 6.42 Å². The van der Waals surface area contributed by atoms with Crippen LogP contribution in [-0.4, -0.2) is 89.5 Å². The van der Waals surface area contributed by atoms with E-state index >= 15 is 0 Å². The van der Waals surface area contributed by atoms with Crippen LogP contribution in [0.15, 0.2) is 12.7 Å². The highest BCUT2D eigenvalue weighted by molar-refractivity contribution is 4.76. The van der Waals surface area contributed by atoms with E-state index in [-0.39, 0.29) is 13.2 Å². The second kappa shape index (κ2) is 17.3. The van der Waals surface area contributed by atoms with Crippen molar-refractivity contribution in [2.45, 2.75) is 13.3 Å². The molecule has 7 nitrogen and oxygen atoms in total. The van der Waals surface area contributed by atoms with E-state index in [1.807, 2.05) is 6.92 Å². The molecule has 0 spiro atoms. The standard InChI is InChI=1S/C17H34O7/c1-3-6-20-10-12-23-15-17(4-2,14-19)16-24-13-11-22-9-8-21-7-5-18/h3,18-19H,1,4-16H2,2H3. The summed E-state index contributed by atoms with van der Waals surface area (Å²) >= 11 is 0. The van der Waals surface area contributed by atoms with Crippen molar-refractivity contribution in [3.8, 4) is 0 Å². The molecule has 0 rings (SSSR count). The second-order valence-electron chi connectivity index (χ2n) is 5.43. The van der Waals surface area contributed by atoms with Crippen LogP contribution in [0, 0.1) is 5.41 Å². The molecule has 0 aliphatic heterocycles. The molecule has 0 amide bonds. The molecule has 0 bridgehead atoms. The molecule has 0 fully saturated rings. The Kier molecular flexibility index (Phi) is 16.9. The van der Waals surface area contributed by atoms with Crippen molar-refractivity contribution >= 4 is 0 Å². The van der Waals surface area contributed by atoms with Crippen molar-refractivity contribution in [2.75, 3.05) is 79.3 Å². The Morgan fingerprint density at radius 2 is 1.29 bits per heavy atom. The lowest BCUT2D eigenvalue weighted by Crippen LogP contribution is -2.36. The van der Waals surface area contributed by atoms with Gasteiger partial charge >= 0.3 is 0 Å². The lowest BCUT2D eigenvalue weighted by molar-refractivity contribution is -0.0708.